The van der Waals surface area contributed by atoms with Gasteiger partial charge in [0.2, 0.25) is 0 Å². The molecule has 1 aliphatic heterocycles. The first-order valence-electron chi connectivity index (χ1n) is 8.64. The Bertz CT molecular complexity index is 769. The molecule has 0 saturated heterocycles. The molecule has 1 aliphatic rings. The van der Waals surface area contributed by atoms with Gasteiger partial charge in [-0.25, -0.2) is 4.79 Å². The lowest BCUT2D eigenvalue weighted by Gasteiger charge is -2.30. The third kappa shape index (κ3) is 3.90. The van der Waals surface area contributed by atoms with Crippen LogP contribution in [-0.2, 0) is 9.53 Å². The van der Waals surface area contributed by atoms with E-state index in [1.165, 1.54) is 0 Å². The lowest BCUT2D eigenvalue weighted by Crippen LogP contribution is -2.31. The number of aromatic nitrogens is 1. The van der Waals surface area contributed by atoms with Crippen molar-refractivity contribution in [2.24, 2.45) is 0 Å². The fourth-order valence-corrected chi connectivity index (χ4v) is 3.12. The van der Waals surface area contributed by atoms with Crippen LogP contribution >= 0.6 is 0 Å². The molecule has 0 fully saturated rings. The van der Waals surface area contributed by atoms with E-state index in [0.717, 1.165) is 29.1 Å². The summed E-state index contributed by atoms with van der Waals surface area (Å²) in [6.07, 6.45) is 3.09. The zero-order chi connectivity index (χ0) is 18.6. The number of nitrogens with one attached hydrogen (secondary N) is 1. The van der Waals surface area contributed by atoms with Gasteiger partial charge < -0.3 is 10.1 Å². The van der Waals surface area contributed by atoms with Crippen LogP contribution in [-0.4, -0.2) is 17.1 Å². The van der Waals surface area contributed by atoms with Crippen LogP contribution in [0.2, 0.25) is 0 Å². The minimum absolute atomic E-state index is 0.226. The molecule has 0 saturated carbocycles. The molecule has 132 valence electrons. The van der Waals surface area contributed by atoms with Crippen molar-refractivity contribution in [3.05, 3.63) is 52.1 Å². The van der Waals surface area contributed by atoms with Crippen LogP contribution in [0.3, 0.4) is 0 Å². The third-order valence-electron chi connectivity index (χ3n) is 4.19. The van der Waals surface area contributed by atoms with E-state index in [-0.39, 0.29) is 12.1 Å². The Kier molecular flexibility index (Phi) is 5.97. The van der Waals surface area contributed by atoms with Crippen molar-refractivity contribution in [3.8, 4) is 6.07 Å². The summed E-state index contributed by atoms with van der Waals surface area (Å²) < 4.78 is 5.50. The molecular weight excluding hydrogens is 314 g/mol. The lowest BCUT2D eigenvalue weighted by molar-refractivity contribution is -0.143. The van der Waals surface area contributed by atoms with Crippen LogP contribution in [0, 0.1) is 18.3 Å². The second-order valence-electron chi connectivity index (χ2n) is 6.48. The van der Waals surface area contributed by atoms with Crippen LogP contribution in [0.25, 0.3) is 0 Å². The Hall–Kier alpha value is -2.61. The average Bonchev–Trinajstić information content (AvgIpc) is 2.54. The normalized spacial score (nSPS) is 17.4. The van der Waals surface area contributed by atoms with Crippen LogP contribution in [0.1, 0.15) is 57.7 Å². The number of carbonyl (C=O) groups excluding carboxylic acids is 1. The first-order chi connectivity index (χ1) is 11.9. The fraction of sp³-hybridized carbons (Fsp3) is 0.450. The highest BCUT2D eigenvalue weighted by Gasteiger charge is 2.36. The summed E-state index contributed by atoms with van der Waals surface area (Å²) in [5, 5.41) is 13.0. The van der Waals surface area contributed by atoms with Gasteiger partial charge >= 0.3 is 5.97 Å². The first-order valence-corrected chi connectivity index (χ1v) is 8.64. The topological polar surface area (TPSA) is 75.0 Å². The number of esters is 1. The molecule has 1 N–H and O–H groups in total. The monoisotopic (exact) mass is 339 g/mol. The summed E-state index contributed by atoms with van der Waals surface area (Å²) in [5.41, 5.74) is 4.34. The first kappa shape index (κ1) is 18.7. The largest absolute Gasteiger partial charge is 0.460 e. The number of dihydropyridines is 1. The fourth-order valence-electron chi connectivity index (χ4n) is 3.12. The Balaban J connectivity index is 2.68. The zero-order valence-electron chi connectivity index (χ0n) is 15.5. The Labute approximate surface area is 149 Å². The zero-order valence-corrected chi connectivity index (χ0v) is 15.5. The molecule has 25 heavy (non-hydrogen) atoms. The van der Waals surface area contributed by atoms with E-state index in [1.807, 2.05) is 39.8 Å². The quantitative estimate of drug-likeness (QED) is 0.824. The Morgan fingerprint density at radius 1 is 1.44 bits per heavy atom. The van der Waals surface area contributed by atoms with Crippen molar-refractivity contribution in [3.63, 3.8) is 0 Å². The summed E-state index contributed by atoms with van der Waals surface area (Å²) >= 11 is 0. The summed E-state index contributed by atoms with van der Waals surface area (Å²) in [4.78, 5) is 17.2. The second kappa shape index (κ2) is 7.98. The van der Waals surface area contributed by atoms with E-state index in [0.29, 0.717) is 17.6 Å². The summed E-state index contributed by atoms with van der Waals surface area (Å²) in [6.45, 7) is 9.48. The van der Waals surface area contributed by atoms with Gasteiger partial charge in [0.05, 0.1) is 29.2 Å². The Morgan fingerprint density at radius 3 is 2.72 bits per heavy atom. The summed E-state index contributed by atoms with van der Waals surface area (Å²) in [7, 11) is 0. The van der Waals surface area contributed by atoms with Gasteiger partial charge in [-0.15, -0.1) is 0 Å². The SMILES string of the molecule is CCCC1=C(C(=O)OC(C)C)C(c2cccnc2C)C(C#N)=C(C)N1. The number of nitrogens with zero attached hydrogens (tertiary/aromatic N) is 2. The standard InChI is InChI=1S/C20H25N3O2/c1-6-8-17-19(20(24)25-12(2)3)18(16(11-21)14(5)23-17)15-9-7-10-22-13(15)4/h7,9-10,12,18,23H,6,8H2,1-5H3. The van der Waals surface area contributed by atoms with Crippen molar-refractivity contribution < 1.29 is 9.53 Å². The molecule has 2 heterocycles. The minimum atomic E-state index is -0.451. The predicted molar refractivity (Wildman–Crippen MR) is 96.3 cm³/mol. The molecule has 5 heteroatoms. The van der Waals surface area contributed by atoms with Gasteiger partial charge in [-0.2, -0.15) is 5.26 Å². The molecule has 1 unspecified atom stereocenters. The van der Waals surface area contributed by atoms with E-state index in [9.17, 15) is 10.1 Å². The summed E-state index contributed by atoms with van der Waals surface area (Å²) in [5.74, 6) is -0.827. The number of hydrogen-bond donors (Lipinski definition) is 1. The highest BCUT2D eigenvalue weighted by atomic mass is 16.5. The van der Waals surface area contributed by atoms with Gasteiger partial charge in [0, 0.05) is 23.3 Å². The van der Waals surface area contributed by atoms with Crippen LogP contribution in [0.15, 0.2) is 40.9 Å². The molecule has 1 aromatic heterocycles. The lowest BCUT2D eigenvalue weighted by atomic mass is 9.79. The van der Waals surface area contributed by atoms with E-state index in [1.54, 1.807) is 6.20 Å². The third-order valence-corrected chi connectivity index (χ3v) is 4.19. The molecule has 0 amide bonds. The number of aryl methyl sites for hydroxylation is 1. The van der Waals surface area contributed by atoms with E-state index in [4.69, 9.17) is 4.74 Å². The number of allylic oxidation sites excluding steroid dienone is 3. The van der Waals surface area contributed by atoms with E-state index < -0.39 is 5.92 Å². The number of carbonyl (C=O) groups is 1. The molecule has 1 atom stereocenters. The van der Waals surface area contributed by atoms with Crippen molar-refractivity contribution in [1.82, 2.24) is 10.3 Å². The highest BCUT2D eigenvalue weighted by molar-refractivity contribution is 5.93. The number of rotatable bonds is 5. The van der Waals surface area contributed by atoms with E-state index in [2.05, 4.69) is 23.3 Å². The smallest absolute Gasteiger partial charge is 0.337 e. The Morgan fingerprint density at radius 2 is 2.16 bits per heavy atom. The predicted octanol–water partition coefficient (Wildman–Crippen LogP) is 3.88. The summed E-state index contributed by atoms with van der Waals surface area (Å²) in [6, 6.07) is 6.04. The molecular formula is C20H25N3O2. The van der Waals surface area contributed by atoms with Gasteiger partial charge in [-0.05, 0) is 45.7 Å². The number of nitriles is 1. The minimum Gasteiger partial charge on any atom is -0.460 e. The maximum Gasteiger partial charge on any atom is 0.337 e. The van der Waals surface area contributed by atoms with Crippen LogP contribution in [0.5, 0.6) is 0 Å². The number of ether oxygens (including phenoxy) is 1. The molecule has 0 radical (unpaired) electrons. The van der Waals surface area contributed by atoms with Crippen LogP contribution in [0.4, 0.5) is 0 Å². The maximum absolute atomic E-state index is 12.9. The highest BCUT2D eigenvalue weighted by Crippen LogP contribution is 2.40. The molecule has 2 rings (SSSR count). The van der Waals surface area contributed by atoms with Crippen molar-refractivity contribution in [2.75, 3.05) is 0 Å². The molecule has 5 nitrogen and oxygen atoms in total. The number of pyridine rings is 1. The van der Waals surface area contributed by atoms with Gasteiger partial charge in [-0.1, -0.05) is 19.4 Å². The molecule has 0 aliphatic carbocycles. The molecule has 0 bridgehead atoms. The second-order valence-corrected chi connectivity index (χ2v) is 6.48. The van der Waals surface area contributed by atoms with Crippen molar-refractivity contribution in [2.45, 2.75) is 59.5 Å². The number of hydrogen-bond acceptors (Lipinski definition) is 5. The van der Waals surface area contributed by atoms with Crippen molar-refractivity contribution in [1.29, 1.82) is 5.26 Å². The van der Waals surface area contributed by atoms with E-state index >= 15 is 0 Å². The van der Waals surface area contributed by atoms with Gasteiger partial charge in [0.1, 0.15) is 0 Å². The molecule has 0 aromatic carbocycles. The van der Waals surface area contributed by atoms with Gasteiger partial charge in [0.25, 0.3) is 0 Å². The van der Waals surface area contributed by atoms with Crippen molar-refractivity contribution >= 4 is 5.97 Å². The van der Waals surface area contributed by atoms with Gasteiger partial charge in [0.15, 0.2) is 0 Å². The molecule has 1 aromatic rings. The average molecular weight is 339 g/mol. The molecule has 0 spiro atoms. The van der Waals surface area contributed by atoms with Gasteiger partial charge in [-0.3, -0.25) is 4.98 Å². The van der Waals surface area contributed by atoms with Crippen LogP contribution < -0.4 is 5.32 Å². The maximum atomic E-state index is 12.9.